The minimum atomic E-state index is -0.853. The van der Waals surface area contributed by atoms with Gasteiger partial charge in [-0.3, -0.25) is 0 Å². The number of hydrogen-bond donors (Lipinski definition) is 2. The van der Waals surface area contributed by atoms with E-state index in [1.807, 2.05) is 6.92 Å². The van der Waals surface area contributed by atoms with Crippen LogP contribution in [0.15, 0.2) is 18.2 Å². The number of halogens is 2. The van der Waals surface area contributed by atoms with Crippen LogP contribution in [0.4, 0.5) is 13.6 Å². The van der Waals surface area contributed by atoms with Gasteiger partial charge in [0.25, 0.3) is 0 Å². The smallest absolute Gasteiger partial charge is 0.317 e. The molecule has 2 rings (SSSR count). The molecule has 2 unspecified atom stereocenters. The predicted octanol–water partition coefficient (Wildman–Crippen LogP) is 2.45. The topological polar surface area (TPSA) is 52.6 Å². The Bertz CT molecular complexity index is 525. The first-order valence-corrected chi connectivity index (χ1v) is 7.63. The van der Waals surface area contributed by atoms with E-state index in [1.165, 1.54) is 6.07 Å². The fraction of sp³-hybridized carbons (Fsp3) is 0.562. The van der Waals surface area contributed by atoms with E-state index in [1.54, 1.807) is 11.0 Å². The molecule has 0 aromatic heterocycles. The summed E-state index contributed by atoms with van der Waals surface area (Å²) in [6.45, 7) is 2.89. The van der Waals surface area contributed by atoms with Crippen molar-refractivity contribution >= 4 is 6.03 Å². The summed E-state index contributed by atoms with van der Waals surface area (Å²) in [5.41, 5.74) is 0.702. The SMILES string of the molecule is CC(CCc1ccc(F)c(F)c1)NC(=O)N1CCCC(O)C1. The Balaban J connectivity index is 1.78. The van der Waals surface area contributed by atoms with Crippen LogP contribution < -0.4 is 5.32 Å². The number of carbonyl (C=O) groups excluding carboxylic acids is 1. The number of aliphatic hydroxyl groups excluding tert-OH is 1. The first-order chi connectivity index (χ1) is 10.5. The van der Waals surface area contributed by atoms with Gasteiger partial charge in [0, 0.05) is 19.1 Å². The number of hydrogen-bond acceptors (Lipinski definition) is 2. The fourth-order valence-electron chi connectivity index (χ4n) is 2.59. The summed E-state index contributed by atoms with van der Waals surface area (Å²) in [6.07, 6.45) is 2.28. The zero-order valence-electron chi connectivity index (χ0n) is 12.7. The van der Waals surface area contributed by atoms with E-state index in [4.69, 9.17) is 0 Å². The number of nitrogens with zero attached hydrogens (tertiary/aromatic N) is 1. The van der Waals surface area contributed by atoms with Gasteiger partial charge in [0.2, 0.25) is 0 Å². The normalized spacial score (nSPS) is 19.8. The number of carbonyl (C=O) groups is 1. The molecule has 4 nitrogen and oxygen atoms in total. The maximum atomic E-state index is 13.1. The molecular formula is C16H22F2N2O2. The number of β-amino-alcohol motifs (C(OH)–C–C–N with tert-alkyl or cyclic N) is 1. The van der Waals surface area contributed by atoms with Crippen molar-refractivity contribution in [2.75, 3.05) is 13.1 Å². The van der Waals surface area contributed by atoms with E-state index >= 15 is 0 Å². The monoisotopic (exact) mass is 312 g/mol. The van der Waals surface area contributed by atoms with Crippen LogP contribution in [0.2, 0.25) is 0 Å². The van der Waals surface area contributed by atoms with Crippen molar-refractivity contribution < 1.29 is 18.7 Å². The van der Waals surface area contributed by atoms with Gasteiger partial charge in [-0.05, 0) is 50.3 Å². The van der Waals surface area contributed by atoms with Crippen LogP contribution in [0.1, 0.15) is 31.7 Å². The van der Waals surface area contributed by atoms with E-state index in [2.05, 4.69) is 5.32 Å². The Kier molecular flexibility index (Phi) is 5.71. The standard InChI is InChI=1S/C16H22F2N2O2/c1-11(4-5-12-6-7-14(17)15(18)9-12)19-16(22)20-8-2-3-13(21)10-20/h6-7,9,11,13,21H,2-5,8,10H2,1H3,(H,19,22). The van der Waals surface area contributed by atoms with Gasteiger partial charge >= 0.3 is 6.03 Å². The van der Waals surface area contributed by atoms with Crippen LogP contribution in [0.3, 0.4) is 0 Å². The van der Waals surface area contributed by atoms with Crippen molar-refractivity contribution in [1.29, 1.82) is 0 Å². The molecular weight excluding hydrogens is 290 g/mol. The molecule has 2 atom stereocenters. The Morgan fingerprint density at radius 2 is 2.23 bits per heavy atom. The predicted molar refractivity (Wildman–Crippen MR) is 79.5 cm³/mol. The lowest BCUT2D eigenvalue weighted by Gasteiger charge is -2.31. The third kappa shape index (κ3) is 4.66. The first kappa shape index (κ1) is 16.7. The van der Waals surface area contributed by atoms with Gasteiger partial charge in [-0.1, -0.05) is 6.07 Å². The second kappa shape index (κ2) is 7.54. The van der Waals surface area contributed by atoms with Crippen molar-refractivity contribution in [1.82, 2.24) is 10.2 Å². The molecule has 1 aliphatic heterocycles. The zero-order chi connectivity index (χ0) is 16.1. The van der Waals surface area contributed by atoms with Crippen molar-refractivity contribution in [3.63, 3.8) is 0 Å². The second-order valence-electron chi connectivity index (χ2n) is 5.88. The number of nitrogens with one attached hydrogen (secondary N) is 1. The molecule has 6 heteroatoms. The van der Waals surface area contributed by atoms with Crippen molar-refractivity contribution in [3.05, 3.63) is 35.4 Å². The molecule has 1 aromatic carbocycles. The molecule has 1 aliphatic rings. The van der Waals surface area contributed by atoms with Crippen LogP contribution in [-0.2, 0) is 6.42 Å². The highest BCUT2D eigenvalue weighted by Crippen LogP contribution is 2.12. The molecule has 1 aromatic rings. The van der Waals surface area contributed by atoms with Gasteiger partial charge in [0.05, 0.1) is 6.10 Å². The first-order valence-electron chi connectivity index (χ1n) is 7.63. The minimum Gasteiger partial charge on any atom is -0.391 e. The number of benzene rings is 1. The number of likely N-dealkylation sites (tertiary alicyclic amines) is 1. The molecule has 0 saturated carbocycles. The number of aryl methyl sites for hydroxylation is 1. The lowest BCUT2D eigenvalue weighted by molar-refractivity contribution is 0.0834. The zero-order valence-corrected chi connectivity index (χ0v) is 12.7. The van der Waals surface area contributed by atoms with Crippen LogP contribution in [-0.4, -0.2) is 41.3 Å². The average Bonchev–Trinajstić information content (AvgIpc) is 2.48. The number of aliphatic hydroxyl groups is 1. The van der Waals surface area contributed by atoms with E-state index in [0.29, 0.717) is 31.5 Å². The fourth-order valence-corrected chi connectivity index (χ4v) is 2.59. The molecule has 1 fully saturated rings. The largest absolute Gasteiger partial charge is 0.391 e. The number of rotatable bonds is 4. The van der Waals surface area contributed by atoms with E-state index in [9.17, 15) is 18.7 Å². The number of amides is 2. The molecule has 2 N–H and O–H groups in total. The Hall–Kier alpha value is -1.69. The highest BCUT2D eigenvalue weighted by Gasteiger charge is 2.22. The Morgan fingerprint density at radius 1 is 1.45 bits per heavy atom. The van der Waals surface area contributed by atoms with Crippen molar-refractivity contribution in [2.45, 2.75) is 44.8 Å². The van der Waals surface area contributed by atoms with Crippen molar-refractivity contribution in [3.8, 4) is 0 Å². The lowest BCUT2D eigenvalue weighted by atomic mass is 10.1. The summed E-state index contributed by atoms with van der Waals surface area (Å²) >= 11 is 0. The summed E-state index contributed by atoms with van der Waals surface area (Å²) in [6, 6.07) is 3.58. The molecule has 0 spiro atoms. The molecule has 0 aliphatic carbocycles. The molecule has 0 bridgehead atoms. The van der Waals surface area contributed by atoms with Gasteiger partial charge in [0.1, 0.15) is 0 Å². The summed E-state index contributed by atoms with van der Waals surface area (Å²) in [4.78, 5) is 13.7. The van der Waals surface area contributed by atoms with Gasteiger partial charge < -0.3 is 15.3 Å². The third-order valence-corrected chi connectivity index (χ3v) is 3.90. The second-order valence-corrected chi connectivity index (χ2v) is 5.88. The van der Waals surface area contributed by atoms with Crippen LogP contribution in [0.25, 0.3) is 0 Å². The van der Waals surface area contributed by atoms with Gasteiger partial charge in [-0.25, -0.2) is 13.6 Å². The minimum absolute atomic E-state index is 0.0836. The summed E-state index contributed by atoms with van der Waals surface area (Å²) < 4.78 is 26.0. The summed E-state index contributed by atoms with van der Waals surface area (Å²) in [5, 5.41) is 12.4. The average molecular weight is 312 g/mol. The van der Waals surface area contributed by atoms with Crippen molar-refractivity contribution in [2.24, 2.45) is 0 Å². The lowest BCUT2D eigenvalue weighted by Crippen LogP contribution is -2.49. The van der Waals surface area contributed by atoms with Gasteiger partial charge in [0.15, 0.2) is 11.6 Å². The molecule has 1 saturated heterocycles. The highest BCUT2D eigenvalue weighted by molar-refractivity contribution is 5.74. The van der Waals surface area contributed by atoms with E-state index in [0.717, 1.165) is 18.9 Å². The quantitative estimate of drug-likeness (QED) is 0.897. The maximum Gasteiger partial charge on any atom is 0.317 e. The Morgan fingerprint density at radius 3 is 2.91 bits per heavy atom. The number of urea groups is 1. The molecule has 2 amide bonds. The van der Waals surface area contributed by atoms with Crippen LogP contribution in [0.5, 0.6) is 0 Å². The van der Waals surface area contributed by atoms with E-state index in [-0.39, 0.29) is 12.1 Å². The molecule has 22 heavy (non-hydrogen) atoms. The molecule has 122 valence electrons. The van der Waals surface area contributed by atoms with Crippen LogP contribution >= 0.6 is 0 Å². The highest BCUT2D eigenvalue weighted by atomic mass is 19.2. The van der Waals surface area contributed by atoms with Crippen LogP contribution in [0, 0.1) is 11.6 Å². The van der Waals surface area contributed by atoms with Gasteiger partial charge in [-0.2, -0.15) is 0 Å². The summed E-state index contributed by atoms with van der Waals surface area (Å²) in [7, 11) is 0. The van der Waals surface area contributed by atoms with E-state index < -0.39 is 17.7 Å². The Labute approximate surface area is 129 Å². The third-order valence-electron chi connectivity index (χ3n) is 3.90. The van der Waals surface area contributed by atoms with Gasteiger partial charge in [-0.15, -0.1) is 0 Å². The molecule has 1 heterocycles. The number of piperidine rings is 1. The summed E-state index contributed by atoms with van der Waals surface area (Å²) in [5.74, 6) is -1.70. The maximum absolute atomic E-state index is 13.1. The molecule has 0 radical (unpaired) electrons.